The predicted molar refractivity (Wildman–Crippen MR) is 96.0 cm³/mol. The number of nitrogens with one attached hydrogen (secondary N) is 1. The Morgan fingerprint density at radius 1 is 1.23 bits per heavy atom. The highest BCUT2D eigenvalue weighted by Gasteiger charge is 2.09. The van der Waals surface area contributed by atoms with Crippen molar-refractivity contribution in [3.63, 3.8) is 0 Å². The minimum absolute atomic E-state index is 0.0380. The Kier molecular flexibility index (Phi) is 4.92. The van der Waals surface area contributed by atoms with Crippen LogP contribution in [-0.4, -0.2) is 17.1 Å². The quantitative estimate of drug-likeness (QED) is 0.676. The first-order valence-corrected chi connectivity index (χ1v) is 9.65. The lowest BCUT2D eigenvalue weighted by atomic mass is 10.1. The Labute approximate surface area is 141 Å². The lowest BCUT2D eigenvalue weighted by Crippen LogP contribution is -2.14. The summed E-state index contributed by atoms with van der Waals surface area (Å²) in [7, 11) is 0. The van der Waals surface area contributed by atoms with Crippen molar-refractivity contribution in [3.05, 3.63) is 52.7 Å². The summed E-state index contributed by atoms with van der Waals surface area (Å²) in [6, 6.07) is 12.1. The number of carbonyl (C=O) groups excluding carboxylic acids is 1. The van der Waals surface area contributed by atoms with Crippen LogP contribution in [0.2, 0.25) is 0 Å². The molecule has 6 heteroatoms. The molecule has 0 aliphatic heterocycles. The summed E-state index contributed by atoms with van der Waals surface area (Å²) in [5.41, 5.74) is 1.92. The predicted octanol–water partition coefficient (Wildman–Crippen LogP) is 4.77. The van der Waals surface area contributed by atoms with E-state index in [0.29, 0.717) is 11.6 Å². The van der Waals surface area contributed by atoms with Gasteiger partial charge in [-0.2, -0.15) is 0 Å². The Balaban J connectivity index is 1.61. The highest BCUT2D eigenvalue weighted by molar-refractivity contribution is 7.98. The number of anilines is 1. The van der Waals surface area contributed by atoms with E-state index < -0.39 is 0 Å². The summed E-state index contributed by atoms with van der Waals surface area (Å²) in [4.78, 5) is 18.9. The van der Waals surface area contributed by atoms with Gasteiger partial charge in [0.2, 0.25) is 5.91 Å². The number of thiazole rings is 1. The zero-order chi connectivity index (χ0) is 15.4. The van der Waals surface area contributed by atoms with Gasteiger partial charge in [0.1, 0.15) is 0 Å². The van der Waals surface area contributed by atoms with Crippen molar-refractivity contribution in [2.45, 2.75) is 11.3 Å². The number of thiophene rings is 1. The third-order valence-corrected chi connectivity index (χ3v) is 5.44. The van der Waals surface area contributed by atoms with E-state index in [-0.39, 0.29) is 5.91 Å². The first kappa shape index (κ1) is 15.3. The Hall–Kier alpha value is -1.63. The van der Waals surface area contributed by atoms with Crippen LogP contribution in [0.15, 0.2) is 52.1 Å². The number of amides is 1. The number of carbonyl (C=O) groups is 1. The highest BCUT2D eigenvalue weighted by Crippen LogP contribution is 2.28. The van der Waals surface area contributed by atoms with Crippen LogP contribution in [-0.2, 0) is 11.2 Å². The number of aromatic nitrogens is 1. The molecule has 3 aromatic rings. The largest absolute Gasteiger partial charge is 0.302 e. The van der Waals surface area contributed by atoms with E-state index >= 15 is 0 Å². The van der Waals surface area contributed by atoms with Gasteiger partial charge >= 0.3 is 0 Å². The molecule has 3 rings (SSSR count). The van der Waals surface area contributed by atoms with E-state index in [1.54, 1.807) is 23.1 Å². The summed E-state index contributed by atoms with van der Waals surface area (Å²) in [5, 5.41) is 7.50. The lowest BCUT2D eigenvalue weighted by Gasteiger charge is -2.03. The molecule has 0 saturated carbocycles. The molecular formula is C16H14N2OS3. The minimum Gasteiger partial charge on any atom is -0.302 e. The molecule has 0 fully saturated rings. The van der Waals surface area contributed by atoms with Crippen molar-refractivity contribution < 1.29 is 4.79 Å². The van der Waals surface area contributed by atoms with Crippen molar-refractivity contribution in [2.24, 2.45) is 0 Å². The fourth-order valence-electron chi connectivity index (χ4n) is 1.96. The number of hydrogen-bond donors (Lipinski definition) is 1. The zero-order valence-corrected chi connectivity index (χ0v) is 14.4. The van der Waals surface area contributed by atoms with Crippen LogP contribution in [0.25, 0.3) is 10.6 Å². The summed E-state index contributed by atoms with van der Waals surface area (Å²) in [6.07, 6.45) is 2.40. The molecule has 112 valence electrons. The zero-order valence-electron chi connectivity index (χ0n) is 11.9. The normalized spacial score (nSPS) is 10.6. The van der Waals surface area contributed by atoms with Gasteiger partial charge in [-0.3, -0.25) is 4.79 Å². The third kappa shape index (κ3) is 3.76. The second-order valence-electron chi connectivity index (χ2n) is 4.59. The molecule has 0 radical (unpaired) electrons. The van der Waals surface area contributed by atoms with Crippen molar-refractivity contribution in [1.82, 2.24) is 4.98 Å². The van der Waals surface area contributed by atoms with E-state index in [4.69, 9.17) is 0 Å². The molecule has 2 heterocycles. The van der Waals surface area contributed by atoms with Crippen LogP contribution in [0.5, 0.6) is 0 Å². The maximum absolute atomic E-state index is 12.1. The fourth-order valence-corrected chi connectivity index (χ4v) is 3.86. The molecular weight excluding hydrogens is 332 g/mol. The first-order valence-electron chi connectivity index (χ1n) is 6.67. The van der Waals surface area contributed by atoms with Crippen molar-refractivity contribution in [2.75, 3.05) is 11.6 Å². The number of rotatable bonds is 5. The number of hydrogen-bond acceptors (Lipinski definition) is 5. The van der Waals surface area contributed by atoms with Crippen LogP contribution in [0, 0.1) is 0 Å². The van der Waals surface area contributed by atoms with Gasteiger partial charge in [0.15, 0.2) is 5.13 Å². The molecule has 1 amide bonds. The van der Waals surface area contributed by atoms with Crippen LogP contribution in [0.4, 0.5) is 5.13 Å². The molecule has 0 spiro atoms. The molecule has 0 saturated heterocycles. The second kappa shape index (κ2) is 7.09. The molecule has 3 nitrogen and oxygen atoms in total. The SMILES string of the molecule is CSc1ccc(CC(=O)Nc2nc(-c3cccs3)cs2)cc1. The van der Waals surface area contributed by atoms with Gasteiger partial charge in [0.05, 0.1) is 17.0 Å². The van der Waals surface area contributed by atoms with Crippen LogP contribution >= 0.6 is 34.4 Å². The first-order chi connectivity index (χ1) is 10.7. The topological polar surface area (TPSA) is 42.0 Å². The second-order valence-corrected chi connectivity index (χ2v) is 7.27. The molecule has 2 aromatic heterocycles. The van der Waals surface area contributed by atoms with Crippen LogP contribution < -0.4 is 5.32 Å². The molecule has 1 aromatic carbocycles. The number of benzene rings is 1. The van der Waals surface area contributed by atoms with Gasteiger partial charge in [-0.05, 0) is 35.4 Å². The Bertz CT molecular complexity index is 748. The van der Waals surface area contributed by atoms with E-state index in [2.05, 4.69) is 10.3 Å². The van der Waals surface area contributed by atoms with E-state index in [1.165, 1.54) is 16.2 Å². The third-order valence-electron chi connectivity index (χ3n) is 3.05. The molecule has 0 aliphatic carbocycles. The van der Waals surface area contributed by atoms with Crippen molar-refractivity contribution in [1.29, 1.82) is 0 Å². The van der Waals surface area contributed by atoms with Gasteiger partial charge in [0.25, 0.3) is 0 Å². The van der Waals surface area contributed by atoms with Crippen molar-refractivity contribution >= 4 is 45.5 Å². The standard InChI is InChI=1S/C16H14N2OS3/c1-20-12-6-4-11(5-7-12)9-15(19)18-16-17-13(10-22-16)14-3-2-8-21-14/h2-8,10H,9H2,1H3,(H,17,18,19). The number of nitrogens with zero attached hydrogens (tertiary/aromatic N) is 1. The summed E-state index contributed by atoms with van der Waals surface area (Å²) in [6.45, 7) is 0. The molecule has 0 aliphatic rings. The molecule has 0 unspecified atom stereocenters. The van der Waals surface area contributed by atoms with E-state index in [1.807, 2.05) is 53.4 Å². The monoisotopic (exact) mass is 346 g/mol. The summed E-state index contributed by atoms with van der Waals surface area (Å²) in [5.74, 6) is -0.0380. The van der Waals surface area contributed by atoms with Gasteiger partial charge in [-0.1, -0.05) is 18.2 Å². The number of thioether (sulfide) groups is 1. The highest BCUT2D eigenvalue weighted by atomic mass is 32.2. The molecule has 0 bridgehead atoms. The summed E-state index contributed by atoms with van der Waals surface area (Å²) >= 11 is 4.79. The maximum Gasteiger partial charge on any atom is 0.230 e. The fraction of sp³-hybridized carbons (Fsp3) is 0.125. The average Bonchev–Trinajstić information content (AvgIpc) is 3.19. The van der Waals surface area contributed by atoms with E-state index in [0.717, 1.165) is 16.1 Å². The average molecular weight is 347 g/mol. The van der Waals surface area contributed by atoms with Crippen LogP contribution in [0.3, 0.4) is 0 Å². The van der Waals surface area contributed by atoms with Gasteiger partial charge in [-0.25, -0.2) is 4.98 Å². The van der Waals surface area contributed by atoms with Crippen molar-refractivity contribution in [3.8, 4) is 10.6 Å². The van der Waals surface area contributed by atoms with E-state index in [9.17, 15) is 4.79 Å². The van der Waals surface area contributed by atoms with Gasteiger partial charge in [-0.15, -0.1) is 34.4 Å². The Morgan fingerprint density at radius 2 is 2.05 bits per heavy atom. The lowest BCUT2D eigenvalue weighted by molar-refractivity contribution is -0.115. The maximum atomic E-state index is 12.1. The molecule has 1 N–H and O–H groups in total. The van der Waals surface area contributed by atoms with Gasteiger partial charge in [0, 0.05) is 10.3 Å². The van der Waals surface area contributed by atoms with Gasteiger partial charge < -0.3 is 5.32 Å². The summed E-state index contributed by atoms with van der Waals surface area (Å²) < 4.78 is 0. The minimum atomic E-state index is -0.0380. The molecule has 0 atom stereocenters. The smallest absolute Gasteiger partial charge is 0.230 e. The van der Waals surface area contributed by atoms with Crippen LogP contribution in [0.1, 0.15) is 5.56 Å². The Morgan fingerprint density at radius 3 is 2.73 bits per heavy atom. The molecule has 22 heavy (non-hydrogen) atoms.